The quantitative estimate of drug-likeness (QED) is 0.878. The molecule has 2 fully saturated rings. The first-order valence-corrected chi connectivity index (χ1v) is 7.47. The molecule has 0 unspecified atom stereocenters. The Hall–Kier alpha value is -1.10. The lowest BCUT2D eigenvalue weighted by atomic mass is 10.2. The maximum Gasteiger partial charge on any atom is 0.244 e. The first-order chi connectivity index (χ1) is 9.66. The third kappa shape index (κ3) is 4.19. The molecule has 1 amide bonds. The molecule has 21 heavy (non-hydrogen) atoms. The van der Waals surface area contributed by atoms with Crippen LogP contribution in [0.4, 0.5) is 5.69 Å². The highest BCUT2D eigenvalue weighted by atomic mass is 35.5. The molecular formula is C16H23ClN2O2. The topological polar surface area (TPSA) is 64.4 Å². The summed E-state index contributed by atoms with van der Waals surface area (Å²) >= 11 is 0. The van der Waals surface area contributed by atoms with Crippen LogP contribution in [0.3, 0.4) is 0 Å². The highest BCUT2D eigenvalue weighted by molar-refractivity contribution is 6.00. The number of hydrogen-bond acceptors (Lipinski definition) is 3. The molecule has 2 aliphatic rings. The molecule has 1 aromatic carbocycles. The largest absolute Gasteiger partial charge is 0.374 e. The Morgan fingerprint density at radius 3 is 2.43 bits per heavy atom. The van der Waals surface area contributed by atoms with E-state index < -0.39 is 5.54 Å². The maximum absolute atomic E-state index is 11.8. The number of hydrogen-bond donors (Lipinski definition) is 2. The number of halogens is 1. The molecule has 0 radical (unpaired) electrons. The van der Waals surface area contributed by atoms with Gasteiger partial charge in [-0.25, -0.2) is 0 Å². The van der Waals surface area contributed by atoms with Crippen molar-refractivity contribution in [1.82, 2.24) is 0 Å². The standard InChI is InChI=1S/C16H22N2O2.ClH/c17-16(9-10-16)15(19)18-13-7-5-12(6-8-13)11-20-14-3-1-2-4-14;/h5-8,14H,1-4,9-11,17H2,(H,18,19);1H. The van der Waals surface area contributed by atoms with Gasteiger partial charge < -0.3 is 15.8 Å². The van der Waals surface area contributed by atoms with Crippen LogP contribution in [-0.2, 0) is 16.1 Å². The predicted octanol–water partition coefficient (Wildman–Crippen LogP) is 3.00. The molecule has 3 rings (SSSR count). The van der Waals surface area contributed by atoms with Gasteiger partial charge in [0.2, 0.25) is 5.91 Å². The second kappa shape index (κ2) is 6.77. The monoisotopic (exact) mass is 310 g/mol. The van der Waals surface area contributed by atoms with Crippen molar-refractivity contribution in [2.24, 2.45) is 5.73 Å². The van der Waals surface area contributed by atoms with E-state index in [0.29, 0.717) is 12.7 Å². The SMILES string of the molecule is Cl.NC1(C(=O)Nc2ccc(COC3CCCC3)cc2)CC1. The van der Waals surface area contributed by atoms with E-state index in [1.54, 1.807) is 0 Å². The van der Waals surface area contributed by atoms with E-state index in [2.05, 4.69) is 5.32 Å². The number of carbonyl (C=O) groups excluding carboxylic acids is 1. The zero-order chi connectivity index (χ0) is 14.0. The van der Waals surface area contributed by atoms with Crippen LogP contribution < -0.4 is 11.1 Å². The van der Waals surface area contributed by atoms with Gasteiger partial charge in [-0.05, 0) is 43.4 Å². The van der Waals surface area contributed by atoms with Crippen molar-refractivity contribution < 1.29 is 9.53 Å². The van der Waals surface area contributed by atoms with Gasteiger partial charge in [0.15, 0.2) is 0 Å². The number of amides is 1. The molecule has 0 atom stereocenters. The van der Waals surface area contributed by atoms with Gasteiger partial charge in [-0.15, -0.1) is 12.4 Å². The zero-order valence-corrected chi connectivity index (χ0v) is 13.0. The molecule has 2 saturated carbocycles. The molecule has 0 aromatic heterocycles. The van der Waals surface area contributed by atoms with Gasteiger partial charge in [0, 0.05) is 5.69 Å². The van der Waals surface area contributed by atoms with Crippen molar-refractivity contribution in [2.75, 3.05) is 5.32 Å². The Morgan fingerprint density at radius 1 is 1.24 bits per heavy atom. The van der Waals surface area contributed by atoms with Gasteiger partial charge in [0.05, 0.1) is 18.2 Å². The second-order valence-electron chi connectivity index (χ2n) is 6.02. The van der Waals surface area contributed by atoms with Crippen LogP contribution in [0.2, 0.25) is 0 Å². The number of benzene rings is 1. The number of nitrogens with one attached hydrogen (secondary N) is 1. The van der Waals surface area contributed by atoms with Crippen molar-refractivity contribution in [3.8, 4) is 0 Å². The molecule has 3 N–H and O–H groups in total. The van der Waals surface area contributed by atoms with Crippen molar-refractivity contribution in [3.63, 3.8) is 0 Å². The molecule has 116 valence electrons. The third-order valence-electron chi connectivity index (χ3n) is 4.24. The summed E-state index contributed by atoms with van der Waals surface area (Å²) in [5.74, 6) is -0.0764. The van der Waals surface area contributed by atoms with Gasteiger partial charge in [-0.3, -0.25) is 4.79 Å². The highest BCUT2D eigenvalue weighted by Gasteiger charge is 2.45. The zero-order valence-electron chi connectivity index (χ0n) is 12.1. The minimum Gasteiger partial charge on any atom is -0.374 e. The van der Waals surface area contributed by atoms with Gasteiger partial charge in [0.25, 0.3) is 0 Å². The Bertz CT molecular complexity index is 480. The van der Waals surface area contributed by atoms with E-state index in [1.807, 2.05) is 24.3 Å². The van der Waals surface area contributed by atoms with Crippen LogP contribution in [-0.4, -0.2) is 17.6 Å². The summed E-state index contributed by atoms with van der Waals surface area (Å²) in [7, 11) is 0. The van der Waals surface area contributed by atoms with Crippen LogP contribution in [0.5, 0.6) is 0 Å². The first-order valence-electron chi connectivity index (χ1n) is 7.47. The average molecular weight is 311 g/mol. The van der Waals surface area contributed by atoms with Crippen LogP contribution in [0.1, 0.15) is 44.1 Å². The molecule has 2 aliphatic carbocycles. The van der Waals surface area contributed by atoms with Crippen LogP contribution in [0.15, 0.2) is 24.3 Å². The maximum atomic E-state index is 11.8. The van der Waals surface area contributed by atoms with E-state index in [9.17, 15) is 4.79 Å². The fourth-order valence-electron chi connectivity index (χ4n) is 2.57. The molecular weight excluding hydrogens is 288 g/mol. The molecule has 5 heteroatoms. The second-order valence-corrected chi connectivity index (χ2v) is 6.02. The lowest BCUT2D eigenvalue weighted by Gasteiger charge is -2.12. The summed E-state index contributed by atoms with van der Waals surface area (Å²) in [4.78, 5) is 11.8. The van der Waals surface area contributed by atoms with Crippen LogP contribution in [0.25, 0.3) is 0 Å². The van der Waals surface area contributed by atoms with Gasteiger partial charge >= 0.3 is 0 Å². The summed E-state index contributed by atoms with van der Waals surface area (Å²) in [6, 6.07) is 7.83. The minimum atomic E-state index is -0.621. The van der Waals surface area contributed by atoms with E-state index >= 15 is 0 Å². The fraction of sp³-hybridized carbons (Fsp3) is 0.562. The van der Waals surface area contributed by atoms with Crippen molar-refractivity contribution >= 4 is 24.0 Å². The normalized spacial score (nSPS) is 19.9. The number of carbonyl (C=O) groups is 1. The Balaban J connectivity index is 0.00000161. The Kier molecular flexibility index (Phi) is 5.25. The van der Waals surface area contributed by atoms with Gasteiger partial charge in [-0.2, -0.15) is 0 Å². The first kappa shape index (κ1) is 16.3. The van der Waals surface area contributed by atoms with Gasteiger partial charge in [-0.1, -0.05) is 25.0 Å². The summed E-state index contributed by atoms with van der Waals surface area (Å²) in [5, 5.41) is 2.86. The minimum absolute atomic E-state index is 0. The molecule has 0 heterocycles. The third-order valence-corrected chi connectivity index (χ3v) is 4.24. The number of rotatable bonds is 5. The van der Waals surface area contributed by atoms with E-state index in [-0.39, 0.29) is 18.3 Å². The number of ether oxygens (including phenoxy) is 1. The summed E-state index contributed by atoms with van der Waals surface area (Å²) < 4.78 is 5.87. The van der Waals surface area contributed by atoms with E-state index in [0.717, 1.165) is 24.1 Å². The molecule has 1 aromatic rings. The molecule has 0 aliphatic heterocycles. The summed E-state index contributed by atoms with van der Waals surface area (Å²) in [6.07, 6.45) is 6.95. The van der Waals surface area contributed by atoms with Crippen LogP contribution in [0, 0.1) is 0 Å². The van der Waals surface area contributed by atoms with E-state index in [4.69, 9.17) is 10.5 Å². The summed E-state index contributed by atoms with van der Waals surface area (Å²) in [6.45, 7) is 0.652. The highest BCUT2D eigenvalue weighted by Crippen LogP contribution is 2.33. The molecule has 0 saturated heterocycles. The number of nitrogens with two attached hydrogens (primary N) is 1. The predicted molar refractivity (Wildman–Crippen MR) is 85.5 cm³/mol. The summed E-state index contributed by atoms with van der Waals surface area (Å²) in [5.41, 5.74) is 7.18. The smallest absolute Gasteiger partial charge is 0.244 e. The van der Waals surface area contributed by atoms with Crippen LogP contribution >= 0.6 is 12.4 Å². The Morgan fingerprint density at radius 2 is 1.86 bits per heavy atom. The van der Waals surface area contributed by atoms with Crippen molar-refractivity contribution in [2.45, 2.75) is 56.8 Å². The Labute approximate surface area is 131 Å². The lowest BCUT2D eigenvalue weighted by molar-refractivity contribution is -0.118. The number of anilines is 1. The molecule has 0 spiro atoms. The van der Waals surface area contributed by atoms with Crippen molar-refractivity contribution in [1.29, 1.82) is 0 Å². The lowest BCUT2D eigenvalue weighted by Crippen LogP contribution is -2.37. The fourth-order valence-corrected chi connectivity index (χ4v) is 2.57. The molecule has 0 bridgehead atoms. The van der Waals surface area contributed by atoms with Crippen molar-refractivity contribution in [3.05, 3.63) is 29.8 Å². The average Bonchev–Trinajstić information content (AvgIpc) is 3.01. The van der Waals surface area contributed by atoms with E-state index in [1.165, 1.54) is 25.7 Å². The molecule has 4 nitrogen and oxygen atoms in total. The van der Waals surface area contributed by atoms with Gasteiger partial charge in [0.1, 0.15) is 0 Å².